The number of amides is 1. The summed E-state index contributed by atoms with van der Waals surface area (Å²) in [5.41, 5.74) is 4.28. The van der Waals surface area contributed by atoms with E-state index in [4.69, 9.17) is 25.8 Å². The predicted molar refractivity (Wildman–Crippen MR) is 146 cm³/mol. The fraction of sp³-hybridized carbons (Fsp3) is 0.179. The number of carbonyl (C=O) groups is 2. The highest BCUT2D eigenvalue weighted by Crippen LogP contribution is 2.37. The van der Waals surface area contributed by atoms with Crippen molar-refractivity contribution in [1.29, 1.82) is 0 Å². The van der Waals surface area contributed by atoms with Crippen LogP contribution in [0.5, 0.6) is 17.2 Å². The molecule has 0 atom stereocenters. The summed E-state index contributed by atoms with van der Waals surface area (Å²) in [6, 6.07) is 20.1. The number of benzene rings is 3. The second kappa shape index (κ2) is 12.4. The first kappa shape index (κ1) is 26.2. The fourth-order valence-electron chi connectivity index (χ4n) is 3.54. The summed E-state index contributed by atoms with van der Waals surface area (Å²) in [4.78, 5) is 25.2. The quantitative estimate of drug-likeness (QED) is 0.112. The Morgan fingerprint density at radius 3 is 2.57 bits per heavy atom. The highest BCUT2D eigenvalue weighted by molar-refractivity contribution is 7.21. The van der Waals surface area contributed by atoms with Crippen molar-refractivity contribution in [1.82, 2.24) is 5.43 Å². The second-order valence-corrected chi connectivity index (χ2v) is 9.45. The number of ether oxygens (including phenoxy) is 3. The van der Waals surface area contributed by atoms with Crippen molar-refractivity contribution in [2.75, 3.05) is 13.7 Å². The lowest BCUT2D eigenvalue weighted by Gasteiger charge is -2.09. The molecular weight excluding hydrogens is 512 g/mol. The minimum Gasteiger partial charge on any atom is -0.493 e. The normalized spacial score (nSPS) is 11.0. The molecule has 1 N–H and O–H groups in total. The first-order chi connectivity index (χ1) is 18.0. The number of rotatable bonds is 10. The molecule has 4 rings (SSSR count). The average molecular weight is 537 g/mol. The number of hydrogen-bond acceptors (Lipinski definition) is 7. The molecule has 9 heteroatoms. The number of fused-ring (bicyclic) bond motifs is 1. The third-order valence-corrected chi connectivity index (χ3v) is 7.00. The molecule has 0 aliphatic carbocycles. The van der Waals surface area contributed by atoms with Crippen LogP contribution in [0.3, 0.4) is 0 Å². The molecular formula is C28H25ClN2O5S. The Morgan fingerprint density at radius 1 is 1.05 bits per heavy atom. The van der Waals surface area contributed by atoms with Gasteiger partial charge in [0.25, 0.3) is 5.91 Å². The summed E-state index contributed by atoms with van der Waals surface area (Å²) in [5, 5.41) is 5.12. The van der Waals surface area contributed by atoms with Crippen LogP contribution in [0.1, 0.15) is 34.1 Å². The lowest BCUT2D eigenvalue weighted by Crippen LogP contribution is -2.24. The van der Waals surface area contributed by atoms with Crippen molar-refractivity contribution >= 4 is 51.1 Å². The van der Waals surface area contributed by atoms with Crippen LogP contribution in [-0.4, -0.2) is 31.8 Å². The van der Waals surface area contributed by atoms with E-state index in [0.29, 0.717) is 27.0 Å². The maximum atomic E-state index is 12.8. The summed E-state index contributed by atoms with van der Waals surface area (Å²) in [6.07, 6.45) is 3.53. The van der Waals surface area contributed by atoms with E-state index in [1.165, 1.54) is 30.2 Å². The van der Waals surface area contributed by atoms with Crippen LogP contribution in [0.2, 0.25) is 5.02 Å². The van der Waals surface area contributed by atoms with Crippen molar-refractivity contribution in [3.63, 3.8) is 0 Å². The van der Waals surface area contributed by atoms with E-state index < -0.39 is 11.9 Å². The Hall–Kier alpha value is -3.88. The van der Waals surface area contributed by atoms with Gasteiger partial charge in [-0.2, -0.15) is 5.10 Å². The first-order valence-electron chi connectivity index (χ1n) is 11.6. The fourth-order valence-corrected chi connectivity index (χ4v) is 4.93. The lowest BCUT2D eigenvalue weighted by molar-refractivity contribution is -0.123. The minimum absolute atomic E-state index is 0.164. The van der Waals surface area contributed by atoms with E-state index in [2.05, 4.69) is 17.5 Å². The van der Waals surface area contributed by atoms with Crippen molar-refractivity contribution in [3.05, 3.63) is 87.8 Å². The molecule has 0 radical (unpaired) electrons. The van der Waals surface area contributed by atoms with E-state index in [-0.39, 0.29) is 12.4 Å². The van der Waals surface area contributed by atoms with Gasteiger partial charge in [-0.15, -0.1) is 11.3 Å². The SMILES string of the molecule is CCCc1ccc(OCC(=O)N/N=C/c2ccc(OC(=O)c3sc4ccccc4c3Cl)c(OC)c2)cc1. The van der Waals surface area contributed by atoms with Gasteiger partial charge in [-0.1, -0.05) is 55.3 Å². The van der Waals surface area contributed by atoms with Crippen molar-refractivity contribution in [2.45, 2.75) is 19.8 Å². The summed E-state index contributed by atoms with van der Waals surface area (Å²) >= 11 is 7.66. The Kier molecular flexibility index (Phi) is 8.77. The third-order valence-electron chi connectivity index (χ3n) is 5.35. The van der Waals surface area contributed by atoms with Gasteiger partial charge in [0, 0.05) is 10.1 Å². The van der Waals surface area contributed by atoms with Gasteiger partial charge < -0.3 is 14.2 Å². The molecule has 0 spiro atoms. The maximum Gasteiger partial charge on any atom is 0.355 e. The largest absolute Gasteiger partial charge is 0.493 e. The number of esters is 1. The predicted octanol–water partition coefficient (Wildman–Crippen LogP) is 6.26. The van der Waals surface area contributed by atoms with Crippen LogP contribution >= 0.6 is 22.9 Å². The van der Waals surface area contributed by atoms with Gasteiger partial charge in [0.1, 0.15) is 10.6 Å². The van der Waals surface area contributed by atoms with E-state index in [9.17, 15) is 9.59 Å². The summed E-state index contributed by atoms with van der Waals surface area (Å²) < 4.78 is 17.3. The Balaban J connectivity index is 1.33. The lowest BCUT2D eigenvalue weighted by atomic mass is 10.1. The van der Waals surface area contributed by atoms with Gasteiger partial charge in [0.15, 0.2) is 18.1 Å². The number of hydrazone groups is 1. The van der Waals surface area contributed by atoms with Gasteiger partial charge in [0.05, 0.1) is 18.3 Å². The zero-order valence-electron chi connectivity index (χ0n) is 20.3. The molecule has 0 aliphatic rings. The van der Waals surface area contributed by atoms with Crippen LogP contribution in [0.4, 0.5) is 0 Å². The van der Waals surface area contributed by atoms with E-state index in [0.717, 1.165) is 22.9 Å². The van der Waals surface area contributed by atoms with Crippen LogP contribution in [0.15, 0.2) is 71.8 Å². The Labute approximate surface area is 223 Å². The average Bonchev–Trinajstić information content (AvgIpc) is 3.26. The zero-order valence-corrected chi connectivity index (χ0v) is 21.9. The molecule has 0 aliphatic heterocycles. The summed E-state index contributed by atoms with van der Waals surface area (Å²) in [5.74, 6) is 0.215. The van der Waals surface area contributed by atoms with Crippen molar-refractivity contribution in [2.24, 2.45) is 5.10 Å². The number of halogens is 1. The molecule has 4 aromatic rings. The highest BCUT2D eigenvalue weighted by atomic mass is 35.5. The molecule has 3 aromatic carbocycles. The van der Waals surface area contributed by atoms with Crippen LogP contribution in [0, 0.1) is 0 Å². The van der Waals surface area contributed by atoms with Crippen LogP contribution in [0.25, 0.3) is 10.1 Å². The number of carbonyl (C=O) groups excluding carboxylic acids is 2. The smallest absolute Gasteiger partial charge is 0.355 e. The molecule has 1 aromatic heterocycles. The van der Waals surface area contributed by atoms with Crippen molar-refractivity contribution < 1.29 is 23.8 Å². The first-order valence-corrected chi connectivity index (χ1v) is 12.8. The van der Waals surface area contributed by atoms with Gasteiger partial charge in [0.2, 0.25) is 0 Å². The standard InChI is InChI=1S/C28H25ClN2O5S/c1-3-6-18-9-12-20(13-10-18)35-17-25(32)31-30-16-19-11-14-22(23(15-19)34-2)36-28(33)27-26(29)21-7-4-5-8-24(21)37-27/h4-5,7-16H,3,6,17H2,1-2H3,(H,31,32)/b30-16+. The minimum atomic E-state index is -0.571. The van der Waals surface area contributed by atoms with Crippen LogP contribution in [-0.2, 0) is 11.2 Å². The van der Waals surface area contributed by atoms with Gasteiger partial charge in [-0.3, -0.25) is 4.79 Å². The summed E-state index contributed by atoms with van der Waals surface area (Å²) in [7, 11) is 1.47. The molecule has 7 nitrogen and oxygen atoms in total. The van der Waals surface area contributed by atoms with Crippen LogP contribution < -0.4 is 19.6 Å². The van der Waals surface area contributed by atoms with E-state index >= 15 is 0 Å². The Morgan fingerprint density at radius 2 is 1.84 bits per heavy atom. The molecule has 37 heavy (non-hydrogen) atoms. The maximum absolute atomic E-state index is 12.8. The van der Waals surface area contributed by atoms with E-state index in [1.807, 2.05) is 48.5 Å². The molecule has 0 unspecified atom stereocenters. The molecule has 1 heterocycles. The van der Waals surface area contributed by atoms with Gasteiger partial charge in [-0.25, -0.2) is 10.2 Å². The van der Waals surface area contributed by atoms with E-state index in [1.54, 1.807) is 18.2 Å². The number of aryl methyl sites for hydroxylation is 1. The number of hydrogen-bond donors (Lipinski definition) is 1. The highest BCUT2D eigenvalue weighted by Gasteiger charge is 2.20. The molecule has 0 bridgehead atoms. The molecule has 190 valence electrons. The Bertz CT molecular complexity index is 1430. The van der Waals surface area contributed by atoms with Gasteiger partial charge >= 0.3 is 5.97 Å². The third kappa shape index (κ3) is 6.67. The second-order valence-electron chi connectivity index (χ2n) is 8.02. The molecule has 0 fully saturated rings. The number of thiophene rings is 1. The molecule has 0 saturated carbocycles. The topological polar surface area (TPSA) is 86.2 Å². The number of nitrogens with one attached hydrogen (secondary N) is 1. The molecule has 0 saturated heterocycles. The monoisotopic (exact) mass is 536 g/mol. The van der Waals surface area contributed by atoms with Crippen molar-refractivity contribution in [3.8, 4) is 17.2 Å². The number of nitrogens with zero attached hydrogens (tertiary/aromatic N) is 1. The zero-order chi connectivity index (χ0) is 26.2. The summed E-state index contributed by atoms with van der Waals surface area (Å²) in [6.45, 7) is 1.96. The number of methoxy groups -OCH3 is 1. The molecule has 1 amide bonds. The van der Waals surface area contributed by atoms with Gasteiger partial charge in [-0.05, 0) is 53.9 Å².